The minimum Gasteiger partial charge on any atom is -0.508 e. The second-order valence-electron chi connectivity index (χ2n) is 4.71. The quantitative estimate of drug-likeness (QED) is 0.885. The minimum absolute atomic E-state index is 0.0913. The molecular weight excluding hydrogens is 238 g/mol. The number of phenols is 1. The van der Waals surface area contributed by atoms with Gasteiger partial charge in [0.1, 0.15) is 11.5 Å². The Balaban J connectivity index is 2.15. The molecule has 1 atom stereocenters. The van der Waals surface area contributed by atoms with Crippen LogP contribution in [0.2, 0.25) is 0 Å². The van der Waals surface area contributed by atoms with E-state index in [1.165, 1.54) is 0 Å². The van der Waals surface area contributed by atoms with E-state index in [0.29, 0.717) is 6.42 Å². The van der Waals surface area contributed by atoms with Gasteiger partial charge in [-0.2, -0.15) is 0 Å². The SMILES string of the molecule is COc1ccc(C(N)Cc2cccc(O)c2)cc1C. The lowest BCUT2D eigenvalue weighted by atomic mass is 9.98. The summed E-state index contributed by atoms with van der Waals surface area (Å²) in [5.41, 5.74) is 9.39. The van der Waals surface area contributed by atoms with Crippen LogP contribution in [-0.2, 0) is 6.42 Å². The summed E-state index contributed by atoms with van der Waals surface area (Å²) in [6, 6.07) is 13.1. The van der Waals surface area contributed by atoms with Crippen molar-refractivity contribution in [3.8, 4) is 11.5 Å². The van der Waals surface area contributed by atoms with E-state index in [0.717, 1.165) is 22.4 Å². The van der Waals surface area contributed by atoms with Crippen LogP contribution >= 0.6 is 0 Å². The molecule has 0 amide bonds. The summed E-state index contributed by atoms with van der Waals surface area (Å²) in [5, 5.41) is 9.45. The molecule has 100 valence electrons. The van der Waals surface area contributed by atoms with Gasteiger partial charge < -0.3 is 15.6 Å². The van der Waals surface area contributed by atoms with Crippen molar-refractivity contribution in [2.24, 2.45) is 5.73 Å². The molecule has 0 radical (unpaired) electrons. The summed E-state index contributed by atoms with van der Waals surface area (Å²) in [4.78, 5) is 0. The minimum atomic E-state index is -0.0913. The molecule has 0 saturated heterocycles. The molecule has 0 aliphatic rings. The Kier molecular flexibility index (Phi) is 4.07. The third kappa shape index (κ3) is 3.26. The van der Waals surface area contributed by atoms with Gasteiger partial charge in [-0.3, -0.25) is 0 Å². The van der Waals surface area contributed by atoms with Crippen molar-refractivity contribution in [2.75, 3.05) is 7.11 Å². The van der Waals surface area contributed by atoms with Crippen molar-refractivity contribution in [3.63, 3.8) is 0 Å². The lowest BCUT2D eigenvalue weighted by Crippen LogP contribution is -2.13. The average Bonchev–Trinajstić information content (AvgIpc) is 2.38. The molecule has 3 heteroatoms. The van der Waals surface area contributed by atoms with Gasteiger partial charge in [0, 0.05) is 6.04 Å². The molecule has 0 aromatic heterocycles. The highest BCUT2D eigenvalue weighted by Crippen LogP contribution is 2.24. The number of hydrogen-bond acceptors (Lipinski definition) is 3. The number of aryl methyl sites for hydroxylation is 1. The third-order valence-electron chi connectivity index (χ3n) is 3.21. The molecule has 0 aliphatic carbocycles. The molecule has 19 heavy (non-hydrogen) atoms. The van der Waals surface area contributed by atoms with E-state index in [1.807, 2.05) is 37.3 Å². The van der Waals surface area contributed by atoms with E-state index in [-0.39, 0.29) is 11.8 Å². The molecule has 3 nitrogen and oxygen atoms in total. The number of benzene rings is 2. The predicted octanol–water partition coefficient (Wildman–Crippen LogP) is 2.95. The number of nitrogens with two attached hydrogens (primary N) is 1. The standard InChI is InChI=1S/C16H19NO2/c1-11-8-13(6-7-16(11)19-2)15(17)10-12-4-3-5-14(18)9-12/h3-9,15,18H,10,17H2,1-2H3. The van der Waals surface area contributed by atoms with E-state index in [4.69, 9.17) is 10.5 Å². The Bertz CT molecular complexity index is 566. The van der Waals surface area contributed by atoms with Gasteiger partial charge in [-0.1, -0.05) is 24.3 Å². The van der Waals surface area contributed by atoms with Crippen LogP contribution in [0.4, 0.5) is 0 Å². The van der Waals surface area contributed by atoms with Gasteiger partial charge in [0.25, 0.3) is 0 Å². The second-order valence-corrected chi connectivity index (χ2v) is 4.71. The van der Waals surface area contributed by atoms with E-state index < -0.39 is 0 Å². The largest absolute Gasteiger partial charge is 0.508 e. The van der Waals surface area contributed by atoms with Gasteiger partial charge in [0.05, 0.1) is 7.11 Å². The summed E-state index contributed by atoms with van der Waals surface area (Å²) in [5.74, 6) is 1.14. The third-order valence-corrected chi connectivity index (χ3v) is 3.21. The topological polar surface area (TPSA) is 55.5 Å². The van der Waals surface area contributed by atoms with Gasteiger partial charge in [-0.25, -0.2) is 0 Å². The van der Waals surface area contributed by atoms with Gasteiger partial charge in [-0.05, 0) is 48.2 Å². The predicted molar refractivity (Wildman–Crippen MR) is 76.5 cm³/mol. The molecule has 0 spiro atoms. The molecule has 0 saturated carbocycles. The summed E-state index contributed by atoms with van der Waals surface area (Å²) < 4.78 is 5.24. The zero-order chi connectivity index (χ0) is 13.8. The number of hydrogen-bond donors (Lipinski definition) is 2. The van der Waals surface area contributed by atoms with Gasteiger partial charge in [0.15, 0.2) is 0 Å². The Hall–Kier alpha value is -2.00. The molecule has 2 aromatic carbocycles. The molecule has 1 unspecified atom stereocenters. The summed E-state index contributed by atoms with van der Waals surface area (Å²) >= 11 is 0. The number of phenolic OH excluding ortho intramolecular Hbond substituents is 1. The van der Waals surface area contributed by atoms with Gasteiger partial charge in [0.2, 0.25) is 0 Å². The Morgan fingerprint density at radius 3 is 2.63 bits per heavy atom. The normalized spacial score (nSPS) is 12.2. The van der Waals surface area contributed by atoms with Gasteiger partial charge >= 0.3 is 0 Å². The van der Waals surface area contributed by atoms with Crippen LogP contribution in [0.5, 0.6) is 11.5 Å². The molecule has 3 N–H and O–H groups in total. The monoisotopic (exact) mass is 257 g/mol. The molecular formula is C16H19NO2. The maximum Gasteiger partial charge on any atom is 0.121 e. The highest BCUT2D eigenvalue weighted by atomic mass is 16.5. The Labute approximate surface area is 113 Å². The first-order chi connectivity index (χ1) is 9.10. The second kappa shape index (κ2) is 5.76. The maximum atomic E-state index is 9.45. The molecule has 0 heterocycles. The number of methoxy groups -OCH3 is 1. The Morgan fingerprint density at radius 2 is 2.00 bits per heavy atom. The van der Waals surface area contributed by atoms with Crippen molar-refractivity contribution in [1.82, 2.24) is 0 Å². The fourth-order valence-corrected chi connectivity index (χ4v) is 2.19. The lowest BCUT2D eigenvalue weighted by molar-refractivity contribution is 0.411. The molecule has 2 rings (SSSR count). The van der Waals surface area contributed by atoms with Crippen LogP contribution in [0.25, 0.3) is 0 Å². The van der Waals surface area contributed by atoms with Crippen molar-refractivity contribution in [3.05, 3.63) is 59.2 Å². The van der Waals surface area contributed by atoms with E-state index in [9.17, 15) is 5.11 Å². The fourth-order valence-electron chi connectivity index (χ4n) is 2.19. The Morgan fingerprint density at radius 1 is 1.21 bits per heavy atom. The molecule has 0 fully saturated rings. The number of rotatable bonds is 4. The van der Waals surface area contributed by atoms with Crippen LogP contribution < -0.4 is 10.5 Å². The highest BCUT2D eigenvalue weighted by Gasteiger charge is 2.09. The zero-order valence-corrected chi connectivity index (χ0v) is 11.3. The van der Waals surface area contributed by atoms with E-state index in [2.05, 4.69) is 0 Å². The first-order valence-corrected chi connectivity index (χ1v) is 6.28. The van der Waals surface area contributed by atoms with Crippen LogP contribution in [0.3, 0.4) is 0 Å². The lowest BCUT2D eigenvalue weighted by Gasteiger charge is -2.14. The van der Waals surface area contributed by atoms with E-state index >= 15 is 0 Å². The van der Waals surface area contributed by atoms with Crippen LogP contribution in [0, 0.1) is 6.92 Å². The van der Waals surface area contributed by atoms with Crippen molar-refractivity contribution in [2.45, 2.75) is 19.4 Å². The number of ether oxygens (including phenoxy) is 1. The smallest absolute Gasteiger partial charge is 0.121 e. The number of aromatic hydroxyl groups is 1. The van der Waals surface area contributed by atoms with Crippen molar-refractivity contribution in [1.29, 1.82) is 0 Å². The molecule has 2 aromatic rings. The van der Waals surface area contributed by atoms with Crippen molar-refractivity contribution >= 4 is 0 Å². The summed E-state index contributed by atoms with van der Waals surface area (Å²) in [7, 11) is 1.66. The first-order valence-electron chi connectivity index (χ1n) is 6.28. The fraction of sp³-hybridized carbons (Fsp3) is 0.250. The molecule has 0 aliphatic heterocycles. The summed E-state index contributed by atoms with van der Waals surface area (Å²) in [6.45, 7) is 2.00. The van der Waals surface area contributed by atoms with Gasteiger partial charge in [-0.15, -0.1) is 0 Å². The molecule has 0 bridgehead atoms. The highest BCUT2D eigenvalue weighted by molar-refractivity contribution is 5.38. The summed E-state index contributed by atoms with van der Waals surface area (Å²) in [6.07, 6.45) is 0.695. The van der Waals surface area contributed by atoms with Crippen LogP contribution in [-0.4, -0.2) is 12.2 Å². The zero-order valence-electron chi connectivity index (χ0n) is 11.3. The van der Waals surface area contributed by atoms with Crippen LogP contribution in [0.15, 0.2) is 42.5 Å². The van der Waals surface area contributed by atoms with Crippen molar-refractivity contribution < 1.29 is 9.84 Å². The average molecular weight is 257 g/mol. The van der Waals surface area contributed by atoms with Crippen LogP contribution in [0.1, 0.15) is 22.7 Å². The maximum absolute atomic E-state index is 9.45. The van der Waals surface area contributed by atoms with E-state index in [1.54, 1.807) is 19.2 Å². The first kappa shape index (κ1) is 13.4.